The van der Waals surface area contributed by atoms with E-state index in [1.807, 2.05) is 37.4 Å². The quantitative estimate of drug-likeness (QED) is 0.234. The molecule has 2 aliphatic heterocycles. The van der Waals surface area contributed by atoms with E-state index in [0.717, 1.165) is 30.0 Å². The minimum atomic E-state index is -4.87. The summed E-state index contributed by atoms with van der Waals surface area (Å²) in [6.07, 6.45) is -7.89. The summed E-state index contributed by atoms with van der Waals surface area (Å²) in [6, 6.07) is 11.7. The number of ether oxygens (including phenoxy) is 1. The highest BCUT2D eigenvalue weighted by atomic mass is 35.5. The van der Waals surface area contributed by atoms with Crippen LogP contribution >= 0.6 is 24.8 Å². The van der Waals surface area contributed by atoms with E-state index in [2.05, 4.69) is 15.6 Å². The summed E-state index contributed by atoms with van der Waals surface area (Å²) in [7, 11) is 3.57. The van der Waals surface area contributed by atoms with E-state index >= 15 is 0 Å². The molecule has 0 aliphatic carbocycles. The molecule has 2 heterocycles. The zero-order valence-electron chi connectivity index (χ0n) is 20.8. The maximum atomic E-state index is 13.2. The topological polar surface area (TPSA) is 45.7 Å². The number of aliphatic imine (C=N–C) groups is 1. The van der Waals surface area contributed by atoms with Crippen molar-refractivity contribution in [2.75, 3.05) is 20.7 Å². The Bertz CT molecular complexity index is 1060. The van der Waals surface area contributed by atoms with Crippen LogP contribution in [-0.4, -0.2) is 38.7 Å². The first-order chi connectivity index (χ1) is 17.0. The monoisotopic (exact) mass is 585 g/mol. The average molecular weight is 586 g/mol. The van der Waals surface area contributed by atoms with Crippen molar-refractivity contribution in [3.63, 3.8) is 0 Å². The van der Waals surface area contributed by atoms with Gasteiger partial charge in [-0.05, 0) is 55.0 Å². The lowest BCUT2D eigenvalue weighted by Crippen LogP contribution is -2.54. The molecular formula is C26H31Cl2F6N3O. The summed E-state index contributed by atoms with van der Waals surface area (Å²) >= 11 is 0. The summed E-state index contributed by atoms with van der Waals surface area (Å²) in [5, 5.41) is 6.91. The highest BCUT2D eigenvalue weighted by molar-refractivity contribution is 5.86. The van der Waals surface area contributed by atoms with Gasteiger partial charge in [0.15, 0.2) is 0 Å². The molecule has 212 valence electrons. The number of hydrogen-bond donors (Lipinski definition) is 2. The van der Waals surface area contributed by atoms with E-state index < -0.39 is 29.0 Å². The fourth-order valence-electron chi connectivity index (χ4n) is 5.64. The van der Waals surface area contributed by atoms with Crippen molar-refractivity contribution in [3.05, 3.63) is 70.8 Å². The maximum absolute atomic E-state index is 13.2. The van der Waals surface area contributed by atoms with E-state index in [9.17, 15) is 26.3 Å². The minimum Gasteiger partial charge on any atom is -0.377 e. The van der Waals surface area contributed by atoms with Crippen LogP contribution < -0.4 is 10.6 Å². The van der Waals surface area contributed by atoms with Crippen LogP contribution in [0, 0.1) is 5.92 Å². The van der Waals surface area contributed by atoms with Gasteiger partial charge in [0.1, 0.15) is 5.84 Å². The third-order valence-corrected chi connectivity index (χ3v) is 7.25. The van der Waals surface area contributed by atoms with E-state index in [1.54, 1.807) is 7.05 Å². The fraction of sp³-hybridized carbons (Fsp3) is 0.500. The molecule has 0 saturated carbocycles. The minimum absolute atomic E-state index is 0. The predicted octanol–water partition coefficient (Wildman–Crippen LogP) is 6.41. The van der Waals surface area contributed by atoms with Crippen molar-refractivity contribution in [1.82, 2.24) is 10.6 Å². The van der Waals surface area contributed by atoms with E-state index in [1.165, 1.54) is 0 Å². The van der Waals surface area contributed by atoms with Gasteiger partial charge < -0.3 is 15.4 Å². The zero-order chi connectivity index (χ0) is 26.1. The number of alkyl halides is 6. The first-order valence-electron chi connectivity index (χ1n) is 11.9. The summed E-state index contributed by atoms with van der Waals surface area (Å²) < 4.78 is 85.6. The van der Waals surface area contributed by atoms with Crippen LogP contribution in [-0.2, 0) is 29.0 Å². The van der Waals surface area contributed by atoms with Crippen molar-refractivity contribution < 1.29 is 31.1 Å². The number of piperidine rings is 1. The van der Waals surface area contributed by atoms with Gasteiger partial charge in [-0.15, -0.1) is 24.8 Å². The third kappa shape index (κ3) is 6.58. The number of halogens is 8. The summed E-state index contributed by atoms with van der Waals surface area (Å²) in [5.74, 6) is 1.02. The molecule has 0 radical (unpaired) electrons. The number of amidine groups is 1. The molecule has 2 aliphatic rings. The summed E-state index contributed by atoms with van der Waals surface area (Å²) in [4.78, 5) is 4.40. The lowest BCUT2D eigenvalue weighted by atomic mass is 9.80. The van der Waals surface area contributed by atoms with Gasteiger partial charge in [-0.2, -0.15) is 26.3 Å². The molecule has 2 aromatic rings. The molecular weight excluding hydrogens is 555 g/mol. The molecule has 0 aromatic heterocycles. The van der Waals surface area contributed by atoms with Crippen LogP contribution in [0.5, 0.6) is 0 Å². The molecule has 0 amide bonds. The van der Waals surface area contributed by atoms with Gasteiger partial charge in [-0.3, -0.25) is 4.99 Å². The zero-order valence-corrected chi connectivity index (χ0v) is 22.5. The van der Waals surface area contributed by atoms with Gasteiger partial charge >= 0.3 is 12.4 Å². The Balaban J connectivity index is 0.00000253. The van der Waals surface area contributed by atoms with Crippen LogP contribution in [0.4, 0.5) is 26.3 Å². The van der Waals surface area contributed by atoms with Crippen LogP contribution in [0.25, 0.3) is 0 Å². The molecule has 12 heteroatoms. The highest BCUT2D eigenvalue weighted by Crippen LogP contribution is 2.47. The van der Waals surface area contributed by atoms with Crippen molar-refractivity contribution in [3.8, 4) is 0 Å². The van der Waals surface area contributed by atoms with Crippen LogP contribution in [0.3, 0.4) is 0 Å². The normalized spacial score (nSPS) is 25.4. The lowest BCUT2D eigenvalue weighted by Gasteiger charge is -2.42. The summed E-state index contributed by atoms with van der Waals surface area (Å²) in [6.45, 7) is -0.00434. The molecule has 38 heavy (non-hydrogen) atoms. The standard InChI is InChI=1S/C26H29F6N3O.2ClH/c1-33-23(34-2)20-15-24(17-6-4-3-5-7-17)22(9-8-21(20)35-24)36-11-10-16-12-18(25(27,28)29)14-19(13-16)26(30,31)32;;/h3-7,12-14,20-22,35H,8-11,15H2,1-2H3,(H,33,34);2*1H/t20-,21+,22-,24-;;/m0../s1. The van der Waals surface area contributed by atoms with E-state index in [4.69, 9.17) is 4.74 Å². The second kappa shape index (κ2) is 12.4. The van der Waals surface area contributed by atoms with Crippen LogP contribution in [0.1, 0.15) is 41.5 Å². The summed E-state index contributed by atoms with van der Waals surface area (Å²) in [5.41, 5.74) is -2.19. The largest absolute Gasteiger partial charge is 0.416 e. The molecule has 0 unspecified atom stereocenters. The lowest BCUT2D eigenvalue weighted by molar-refractivity contribution is -0.143. The highest BCUT2D eigenvalue weighted by Gasteiger charge is 2.55. The molecule has 2 aromatic carbocycles. The second-order valence-corrected chi connectivity index (χ2v) is 9.36. The van der Waals surface area contributed by atoms with Crippen LogP contribution in [0.15, 0.2) is 53.5 Å². The molecule has 2 bridgehead atoms. The number of fused-ring (bicyclic) bond motifs is 2. The smallest absolute Gasteiger partial charge is 0.377 e. The molecule has 0 spiro atoms. The van der Waals surface area contributed by atoms with Crippen molar-refractivity contribution in [2.45, 2.75) is 55.7 Å². The van der Waals surface area contributed by atoms with Crippen molar-refractivity contribution in [2.24, 2.45) is 10.9 Å². The van der Waals surface area contributed by atoms with Gasteiger partial charge in [0.25, 0.3) is 0 Å². The third-order valence-electron chi connectivity index (χ3n) is 7.25. The number of nitrogens with zero attached hydrogens (tertiary/aromatic N) is 1. The van der Waals surface area contributed by atoms with Crippen molar-refractivity contribution >= 4 is 30.6 Å². The van der Waals surface area contributed by atoms with E-state index in [0.29, 0.717) is 12.8 Å². The SMILES string of the molecule is CN=C(NC)[C@H]1C[C@@]2(c3ccccc3)N[C@@H]1CC[C@@H]2OCCc1cc(C(F)(F)F)cc(C(F)(F)F)c1.Cl.Cl. The Morgan fingerprint density at radius 2 is 1.61 bits per heavy atom. The Morgan fingerprint density at radius 1 is 1.00 bits per heavy atom. The number of hydrogen-bond acceptors (Lipinski definition) is 3. The Morgan fingerprint density at radius 3 is 2.13 bits per heavy atom. The van der Waals surface area contributed by atoms with E-state index in [-0.39, 0.29) is 67.5 Å². The second-order valence-electron chi connectivity index (χ2n) is 9.36. The molecule has 2 N–H and O–H groups in total. The predicted molar refractivity (Wildman–Crippen MR) is 139 cm³/mol. The van der Waals surface area contributed by atoms with Gasteiger partial charge in [-0.25, -0.2) is 0 Å². The molecule has 4 nitrogen and oxygen atoms in total. The Kier molecular flexibility index (Phi) is 10.5. The Hall–Kier alpha value is -2.01. The molecule has 4 rings (SSSR count). The van der Waals surface area contributed by atoms with Gasteiger partial charge in [0.05, 0.1) is 29.4 Å². The number of rotatable bonds is 6. The number of benzene rings is 2. The van der Waals surface area contributed by atoms with Gasteiger partial charge in [-0.1, -0.05) is 30.3 Å². The molecule has 2 saturated heterocycles. The Labute approximate surface area is 230 Å². The van der Waals surface area contributed by atoms with Gasteiger partial charge in [0, 0.05) is 26.1 Å². The number of nitrogens with one attached hydrogen (secondary N) is 2. The van der Waals surface area contributed by atoms with Crippen LogP contribution in [0.2, 0.25) is 0 Å². The van der Waals surface area contributed by atoms with Crippen molar-refractivity contribution in [1.29, 1.82) is 0 Å². The first kappa shape index (κ1) is 32.2. The average Bonchev–Trinajstić information content (AvgIpc) is 3.15. The fourth-order valence-corrected chi connectivity index (χ4v) is 5.64. The maximum Gasteiger partial charge on any atom is 0.416 e. The van der Waals surface area contributed by atoms with Gasteiger partial charge in [0.2, 0.25) is 0 Å². The molecule has 2 fully saturated rings. The molecule has 4 atom stereocenters. The first-order valence-corrected chi connectivity index (χ1v) is 11.9.